The first-order chi connectivity index (χ1) is 7.50. The molecule has 0 unspecified atom stereocenters. The lowest BCUT2D eigenvalue weighted by molar-refractivity contribution is 0.795. The second kappa shape index (κ2) is 5.69. The monoisotopic (exact) mass is 214 g/mol. The van der Waals surface area contributed by atoms with Gasteiger partial charge >= 0.3 is 0 Å². The van der Waals surface area contributed by atoms with Crippen molar-refractivity contribution in [3.05, 3.63) is 59.8 Å². The van der Waals surface area contributed by atoms with E-state index >= 15 is 0 Å². The molecule has 0 aliphatic heterocycles. The predicted octanol–water partition coefficient (Wildman–Crippen LogP) is 4.98. The van der Waals surface area contributed by atoms with Crippen molar-refractivity contribution in [3.63, 3.8) is 0 Å². The predicted molar refractivity (Wildman–Crippen MR) is 73.3 cm³/mol. The van der Waals surface area contributed by atoms with Gasteiger partial charge in [0.2, 0.25) is 0 Å². The topological polar surface area (TPSA) is 0 Å². The zero-order valence-electron chi connectivity index (χ0n) is 10.7. The van der Waals surface area contributed by atoms with Crippen molar-refractivity contribution < 1.29 is 0 Å². The molecule has 0 amide bonds. The summed E-state index contributed by atoms with van der Waals surface area (Å²) in [6, 6.07) is 0. The normalized spacial score (nSPS) is 16.2. The van der Waals surface area contributed by atoms with Gasteiger partial charge in [-0.1, -0.05) is 62.5 Å². The van der Waals surface area contributed by atoms with Crippen LogP contribution in [-0.2, 0) is 0 Å². The van der Waals surface area contributed by atoms with E-state index in [0.29, 0.717) is 5.92 Å². The van der Waals surface area contributed by atoms with Crippen LogP contribution in [-0.4, -0.2) is 0 Å². The summed E-state index contributed by atoms with van der Waals surface area (Å²) in [7, 11) is 0. The fourth-order valence-electron chi connectivity index (χ4n) is 1.52. The average Bonchev–Trinajstić information content (AvgIpc) is 2.26. The maximum atomic E-state index is 4.11. The van der Waals surface area contributed by atoms with E-state index in [1.807, 2.05) is 0 Å². The summed E-state index contributed by atoms with van der Waals surface area (Å²) in [5.74, 6) is 0.506. The van der Waals surface area contributed by atoms with E-state index in [9.17, 15) is 0 Å². The minimum atomic E-state index is 0.506. The van der Waals surface area contributed by atoms with E-state index in [0.717, 1.165) is 24.0 Å². The second-order valence-electron chi connectivity index (χ2n) is 4.79. The van der Waals surface area contributed by atoms with Gasteiger partial charge in [0.25, 0.3) is 0 Å². The summed E-state index contributed by atoms with van der Waals surface area (Å²) in [5.41, 5.74) is 5.07. The Morgan fingerprint density at radius 1 is 1.19 bits per heavy atom. The number of allylic oxidation sites excluding steroid dienone is 8. The Balaban J connectivity index is 2.63. The lowest BCUT2D eigenvalue weighted by Crippen LogP contribution is -1.93. The van der Waals surface area contributed by atoms with Gasteiger partial charge in [0.05, 0.1) is 0 Å². The standard InChI is InChI=1S/C16H22/c1-12(2)14(4)8-9-15(5)16-10-6-13(3)7-11-16/h6,8-10,12H,4-5,7,11H2,1-3H3/b9-8-. The lowest BCUT2D eigenvalue weighted by atomic mass is 9.93. The summed E-state index contributed by atoms with van der Waals surface area (Å²) in [5, 5.41) is 0. The molecular weight excluding hydrogens is 192 g/mol. The second-order valence-corrected chi connectivity index (χ2v) is 4.79. The number of hydrogen-bond donors (Lipinski definition) is 0. The van der Waals surface area contributed by atoms with Crippen LogP contribution < -0.4 is 0 Å². The molecule has 0 aromatic heterocycles. The lowest BCUT2D eigenvalue weighted by Gasteiger charge is -2.12. The Hall–Kier alpha value is -1.30. The summed E-state index contributed by atoms with van der Waals surface area (Å²) < 4.78 is 0. The smallest absolute Gasteiger partial charge is 0.0225 e. The summed E-state index contributed by atoms with van der Waals surface area (Å²) >= 11 is 0. The van der Waals surface area contributed by atoms with Gasteiger partial charge in [0.1, 0.15) is 0 Å². The third kappa shape index (κ3) is 3.69. The summed E-state index contributed by atoms with van der Waals surface area (Å²) in [6.45, 7) is 14.6. The molecule has 0 heterocycles. The highest BCUT2D eigenvalue weighted by atomic mass is 14.1. The van der Waals surface area contributed by atoms with E-state index in [4.69, 9.17) is 0 Å². The molecule has 0 aromatic carbocycles. The molecule has 0 N–H and O–H groups in total. The van der Waals surface area contributed by atoms with E-state index in [1.54, 1.807) is 0 Å². The Morgan fingerprint density at radius 2 is 1.88 bits per heavy atom. The van der Waals surface area contributed by atoms with Gasteiger partial charge in [0.15, 0.2) is 0 Å². The molecule has 0 bridgehead atoms. The zero-order valence-corrected chi connectivity index (χ0v) is 10.7. The molecule has 0 saturated heterocycles. The van der Waals surface area contributed by atoms with Gasteiger partial charge in [-0.05, 0) is 36.8 Å². The van der Waals surface area contributed by atoms with E-state index < -0.39 is 0 Å². The summed E-state index contributed by atoms with van der Waals surface area (Å²) in [4.78, 5) is 0. The first kappa shape index (κ1) is 12.8. The molecule has 1 aliphatic carbocycles. The van der Waals surface area contributed by atoms with Gasteiger partial charge in [-0.3, -0.25) is 0 Å². The Bertz CT molecular complexity index is 373. The molecule has 1 rings (SSSR count). The quantitative estimate of drug-likeness (QED) is 0.579. The first-order valence-corrected chi connectivity index (χ1v) is 5.93. The molecule has 0 fully saturated rings. The highest BCUT2D eigenvalue weighted by Crippen LogP contribution is 2.24. The Kier molecular flexibility index (Phi) is 4.54. The van der Waals surface area contributed by atoms with Crippen LogP contribution in [0.3, 0.4) is 0 Å². The van der Waals surface area contributed by atoms with E-state index in [2.05, 4.69) is 58.2 Å². The van der Waals surface area contributed by atoms with Crippen molar-refractivity contribution in [1.29, 1.82) is 0 Å². The highest BCUT2D eigenvalue weighted by Gasteiger charge is 2.04. The van der Waals surface area contributed by atoms with Crippen molar-refractivity contribution in [1.82, 2.24) is 0 Å². The molecule has 16 heavy (non-hydrogen) atoms. The number of rotatable bonds is 4. The Labute approximate surface area is 99.8 Å². The van der Waals surface area contributed by atoms with Crippen LogP contribution in [0.2, 0.25) is 0 Å². The van der Waals surface area contributed by atoms with Crippen LogP contribution in [0.25, 0.3) is 0 Å². The van der Waals surface area contributed by atoms with Crippen LogP contribution in [0.1, 0.15) is 33.6 Å². The van der Waals surface area contributed by atoms with E-state index in [-0.39, 0.29) is 0 Å². The van der Waals surface area contributed by atoms with Crippen LogP contribution >= 0.6 is 0 Å². The molecule has 0 heteroatoms. The van der Waals surface area contributed by atoms with Gasteiger partial charge in [-0.15, -0.1) is 0 Å². The largest absolute Gasteiger partial charge is 0.0956 e. The molecule has 0 atom stereocenters. The van der Waals surface area contributed by atoms with Gasteiger partial charge in [0, 0.05) is 0 Å². The fourth-order valence-corrected chi connectivity index (χ4v) is 1.52. The minimum absolute atomic E-state index is 0.506. The maximum Gasteiger partial charge on any atom is -0.0225 e. The third-order valence-corrected chi connectivity index (χ3v) is 3.01. The van der Waals surface area contributed by atoms with E-state index in [1.165, 1.54) is 11.1 Å². The average molecular weight is 214 g/mol. The van der Waals surface area contributed by atoms with Crippen molar-refractivity contribution in [2.75, 3.05) is 0 Å². The minimum Gasteiger partial charge on any atom is -0.0956 e. The van der Waals surface area contributed by atoms with Crippen molar-refractivity contribution in [3.8, 4) is 0 Å². The molecule has 0 saturated carbocycles. The molecule has 86 valence electrons. The zero-order chi connectivity index (χ0) is 12.1. The third-order valence-electron chi connectivity index (χ3n) is 3.01. The fraction of sp³-hybridized carbons (Fsp3) is 0.375. The van der Waals surface area contributed by atoms with Crippen molar-refractivity contribution in [2.45, 2.75) is 33.6 Å². The van der Waals surface area contributed by atoms with Crippen LogP contribution in [0.15, 0.2) is 59.8 Å². The molecule has 0 aromatic rings. The summed E-state index contributed by atoms with van der Waals surface area (Å²) in [6.07, 6.45) is 10.8. The van der Waals surface area contributed by atoms with Crippen LogP contribution in [0.5, 0.6) is 0 Å². The maximum absolute atomic E-state index is 4.11. The molecular formula is C16H22. The molecule has 1 aliphatic rings. The van der Waals surface area contributed by atoms with Gasteiger partial charge in [-0.2, -0.15) is 0 Å². The highest BCUT2D eigenvalue weighted by molar-refractivity contribution is 5.43. The number of hydrogen-bond acceptors (Lipinski definition) is 0. The SMILES string of the molecule is C=C(/C=C\C(=C)C(C)C)C1=CC=C(C)CC1. The van der Waals surface area contributed by atoms with Gasteiger partial charge in [-0.25, -0.2) is 0 Å². The Morgan fingerprint density at radius 3 is 2.38 bits per heavy atom. The van der Waals surface area contributed by atoms with Crippen LogP contribution in [0, 0.1) is 5.92 Å². The van der Waals surface area contributed by atoms with Crippen LogP contribution in [0.4, 0.5) is 0 Å². The molecule has 0 nitrogen and oxygen atoms in total. The van der Waals surface area contributed by atoms with Gasteiger partial charge < -0.3 is 0 Å². The first-order valence-electron chi connectivity index (χ1n) is 5.93. The molecule has 0 spiro atoms. The molecule has 0 radical (unpaired) electrons. The van der Waals surface area contributed by atoms with Crippen molar-refractivity contribution in [2.24, 2.45) is 5.92 Å². The van der Waals surface area contributed by atoms with Crippen molar-refractivity contribution >= 4 is 0 Å².